The van der Waals surface area contributed by atoms with Crippen LogP contribution in [-0.4, -0.2) is 38.2 Å². The lowest BCUT2D eigenvalue weighted by molar-refractivity contribution is -0.158. The van der Waals surface area contributed by atoms with Crippen molar-refractivity contribution in [3.8, 4) is 11.5 Å². The van der Waals surface area contributed by atoms with Gasteiger partial charge in [0, 0.05) is 12.5 Å². The molecule has 25 heavy (non-hydrogen) atoms. The summed E-state index contributed by atoms with van der Waals surface area (Å²) in [5, 5.41) is 1.92. The fraction of sp³-hybridized carbons (Fsp3) is 0.471. The van der Waals surface area contributed by atoms with Gasteiger partial charge in [0.1, 0.15) is 11.5 Å². The van der Waals surface area contributed by atoms with Crippen LogP contribution in [0, 0.1) is 5.92 Å². The van der Waals surface area contributed by atoms with Crippen molar-refractivity contribution in [1.82, 2.24) is 5.32 Å². The normalized spacial score (nSPS) is 11.6. The van der Waals surface area contributed by atoms with Crippen molar-refractivity contribution in [2.45, 2.75) is 32.8 Å². The van der Waals surface area contributed by atoms with Crippen molar-refractivity contribution in [3.63, 3.8) is 0 Å². The maximum atomic E-state index is 12.0. The van der Waals surface area contributed by atoms with Gasteiger partial charge in [-0.25, -0.2) is 4.79 Å². The highest BCUT2D eigenvalue weighted by Gasteiger charge is 2.27. The summed E-state index contributed by atoms with van der Waals surface area (Å²) in [6.45, 7) is 3.40. The molecule has 0 aliphatic rings. The Morgan fingerprint density at radius 3 is 2.08 bits per heavy atom. The van der Waals surface area contributed by atoms with Crippen molar-refractivity contribution < 1.29 is 28.6 Å². The number of methoxy groups -OCH3 is 2. The van der Waals surface area contributed by atoms with Gasteiger partial charge in [0.05, 0.1) is 14.2 Å². The van der Waals surface area contributed by atoms with Gasteiger partial charge in [-0.1, -0.05) is 13.8 Å². The number of benzene rings is 1. The molecule has 0 spiro atoms. The number of rotatable bonds is 8. The molecule has 1 aromatic carbocycles. The number of hydrogen-bond acceptors (Lipinski definition) is 6. The van der Waals surface area contributed by atoms with Gasteiger partial charge in [-0.3, -0.25) is 14.9 Å². The average molecular weight is 352 g/mol. The largest absolute Gasteiger partial charge is 0.497 e. The highest BCUT2D eigenvalue weighted by atomic mass is 16.5. The van der Waals surface area contributed by atoms with Crippen LogP contribution in [0.15, 0.2) is 18.2 Å². The summed E-state index contributed by atoms with van der Waals surface area (Å²) in [6, 6.07) is 4.31. The molecular weight excluding hydrogens is 328 g/mol. The van der Waals surface area contributed by atoms with Gasteiger partial charge in [-0.2, -0.15) is 0 Å². The molecule has 8 nitrogen and oxygen atoms in total. The predicted molar refractivity (Wildman–Crippen MR) is 90.3 cm³/mol. The van der Waals surface area contributed by atoms with Crippen LogP contribution >= 0.6 is 0 Å². The molecule has 0 aliphatic carbocycles. The van der Waals surface area contributed by atoms with E-state index in [1.54, 1.807) is 32.0 Å². The minimum Gasteiger partial charge on any atom is -0.497 e. The summed E-state index contributed by atoms with van der Waals surface area (Å²) in [4.78, 5) is 34.7. The summed E-state index contributed by atoms with van der Waals surface area (Å²) in [5.74, 6) is -0.369. The second-order valence-corrected chi connectivity index (χ2v) is 5.73. The topological polar surface area (TPSA) is 117 Å². The minimum atomic E-state index is -1.08. The predicted octanol–water partition coefficient (Wildman–Crippen LogP) is 1.40. The molecule has 0 saturated carbocycles. The van der Waals surface area contributed by atoms with Crippen LogP contribution in [0.25, 0.3) is 0 Å². The Balaban J connectivity index is 2.69. The van der Waals surface area contributed by atoms with E-state index >= 15 is 0 Å². The zero-order valence-corrected chi connectivity index (χ0v) is 14.8. The van der Waals surface area contributed by atoms with Crippen LogP contribution in [0.1, 0.15) is 25.8 Å². The highest BCUT2D eigenvalue weighted by Crippen LogP contribution is 2.23. The molecule has 1 rings (SSSR count). The molecule has 0 bridgehead atoms. The van der Waals surface area contributed by atoms with Crippen molar-refractivity contribution in [2.75, 3.05) is 14.2 Å². The first kappa shape index (κ1) is 20.3. The Kier molecular flexibility index (Phi) is 7.71. The Labute approximate surface area is 146 Å². The number of aryl methyl sites for hydroxylation is 1. The van der Waals surface area contributed by atoms with Crippen LogP contribution in [0.4, 0.5) is 4.79 Å². The zero-order valence-electron chi connectivity index (χ0n) is 14.8. The quantitative estimate of drug-likeness (QED) is 0.683. The van der Waals surface area contributed by atoms with E-state index in [9.17, 15) is 14.4 Å². The fourth-order valence-electron chi connectivity index (χ4n) is 2.14. The summed E-state index contributed by atoms with van der Waals surface area (Å²) >= 11 is 0. The lowest BCUT2D eigenvalue weighted by Gasteiger charge is -2.19. The van der Waals surface area contributed by atoms with Crippen LogP contribution in [0.3, 0.4) is 0 Å². The van der Waals surface area contributed by atoms with E-state index in [2.05, 4.69) is 0 Å². The van der Waals surface area contributed by atoms with Crippen molar-refractivity contribution in [2.24, 2.45) is 11.7 Å². The van der Waals surface area contributed by atoms with E-state index in [1.165, 1.54) is 14.2 Å². The van der Waals surface area contributed by atoms with E-state index in [-0.39, 0.29) is 12.3 Å². The summed E-state index contributed by atoms with van der Waals surface area (Å²) in [6.07, 6.45) is -0.641. The Bertz CT molecular complexity index is 607. The Morgan fingerprint density at radius 2 is 1.64 bits per heavy atom. The molecule has 3 N–H and O–H groups in total. The molecule has 0 fully saturated rings. The van der Waals surface area contributed by atoms with Crippen molar-refractivity contribution in [1.29, 1.82) is 0 Å². The maximum absolute atomic E-state index is 12.0. The zero-order chi connectivity index (χ0) is 19.0. The lowest BCUT2D eigenvalue weighted by atomic mass is 10.1. The van der Waals surface area contributed by atoms with Crippen molar-refractivity contribution >= 4 is 17.9 Å². The smallest absolute Gasteiger partial charge is 0.318 e. The molecular formula is C17H24N2O6. The molecule has 0 aromatic heterocycles. The number of amides is 3. The molecule has 0 radical (unpaired) electrons. The highest BCUT2D eigenvalue weighted by molar-refractivity contribution is 5.96. The summed E-state index contributed by atoms with van der Waals surface area (Å²) in [7, 11) is 3.08. The van der Waals surface area contributed by atoms with Crippen LogP contribution in [0.5, 0.6) is 11.5 Å². The molecule has 0 heterocycles. The lowest BCUT2D eigenvalue weighted by Crippen LogP contribution is -2.45. The number of ether oxygens (including phenoxy) is 3. The van der Waals surface area contributed by atoms with Gasteiger partial charge >= 0.3 is 12.0 Å². The molecule has 0 saturated heterocycles. The standard InChI is InChI=1S/C17H24N2O6/c1-10(2)15(16(21)19-17(18)22)25-14(20)6-5-11-7-12(23-3)9-13(8-11)24-4/h7-10,15H,5-6H2,1-4H3,(H3,18,19,21,22)/t15-/m0/s1. The molecule has 3 amide bonds. The molecule has 8 heteroatoms. The monoisotopic (exact) mass is 352 g/mol. The molecule has 1 atom stereocenters. The summed E-state index contributed by atoms with van der Waals surface area (Å²) in [5.41, 5.74) is 5.75. The Hall–Kier alpha value is -2.77. The van der Waals surface area contributed by atoms with E-state index in [0.29, 0.717) is 17.9 Å². The third-order valence-corrected chi connectivity index (χ3v) is 3.40. The van der Waals surface area contributed by atoms with E-state index in [1.807, 2.05) is 5.32 Å². The number of esters is 1. The van der Waals surface area contributed by atoms with Crippen LogP contribution in [-0.2, 0) is 20.7 Å². The van der Waals surface area contributed by atoms with Crippen LogP contribution < -0.4 is 20.5 Å². The number of carbonyl (C=O) groups is 3. The van der Waals surface area contributed by atoms with E-state index in [4.69, 9.17) is 19.9 Å². The number of nitrogens with one attached hydrogen (secondary N) is 1. The first-order valence-corrected chi connectivity index (χ1v) is 7.78. The molecule has 1 aromatic rings. The number of primary amides is 1. The number of hydrogen-bond donors (Lipinski definition) is 2. The van der Waals surface area contributed by atoms with E-state index in [0.717, 1.165) is 5.56 Å². The van der Waals surface area contributed by atoms with Gasteiger partial charge in [-0.15, -0.1) is 0 Å². The third-order valence-electron chi connectivity index (χ3n) is 3.40. The second-order valence-electron chi connectivity index (χ2n) is 5.73. The first-order valence-electron chi connectivity index (χ1n) is 7.78. The molecule has 0 unspecified atom stereocenters. The number of nitrogens with two attached hydrogens (primary N) is 1. The number of carbonyl (C=O) groups excluding carboxylic acids is 3. The number of imide groups is 1. The van der Waals surface area contributed by atoms with Crippen LogP contribution in [0.2, 0.25) is 0 Å². The van der Waals surface area contributed by atoms with Gasteiger partial charge in [-0.05, 0) is 30.0 Å². The SMILES string of the molecule is COc1cc(CCC(=O)O[C@H](C(=O)NC(N)=O)C(C)C)cc(OC)c1. The summed E-state index contributed by atoms with van der Waals surface area (Å²) < 4.78 is 15.5. The molecule has 138 valence electrons. The van der Waals surface area contributed by atoms with Gasteiger partial charge < -0.3 is 19.9 Å². The average Bonchev–Trinajstić information content (AvgIpc) is 2.56. The maximum Gasteiger partial charge on any atom is 0.318 e. The Morgan fingerprint density at radius 1 is 1.08 bits per heavy atom. The third kappa shape index (κ3) is 6.70. The first-order chi connectivity index (χ1) is 11.8. The van der Waals surface area contributed by atoms with Gasteiger partial charge in [0.2, 0.25) is 0 Å². The van der Waals surface area contributed by atoms with E-state index < -0.39 is 24.0 Å². The second kappa shape index (κ2) is 9.51. The van der Waals surface area contributed by atoms with Crippen molar-refractivity contribution in [3.05, 3.63) is 23.8 Å². The fourth-order valence-corrected chi connectivity index (χ4v) is 2.14. The van der Waals surface area contributed by atoms with Gasteiger partial charge in [0.25, 0.3) is 5.91 Å². The number of urea groups is 1. The van der Waals surface area contributed by atoms with Gasteiger partial charge in [0.15, 0.2) is 6.10 Å². The minimum absolute atomic E-state index is 0.0589. The molecule has 0 aliphatic heterocycles.